The summed E-state index contributed by atoms with van der Waals surface area (Å²) in [7, 11) is 0. The van der Waals surface area contributed by atoms with E-state index < -0.39 is 0 Å². The third-order valence-corrected chi connectivity index (χ3v) is 10.6. The molecule has 2 aromatic heterocycles. The number of para-hydroxylation sites is 2. The molecule has 0 unspecified atom stereocenters. The number of hydrogen-bond acceptors (Lipinski definition) is 1. The maximum atomic E-state index is 6.33. The van der Waals surface area contributed by atoms with Gasteiger partial charge in [-0.05, 0) is 84.9 Å². The lowest BCUT2D eigenvalue weighted by Crippen LogP contribution is -2.09. The van der Waals surface area contributed by atoms with Gasteiger partial charge in [0.15, 0.2) is 0 Å². The molecule has 0 bridgehead atoms. The molecule has 0 aliphatic rings. The first kappa shape index (κ1) is 28.9. The van der Waals surface area contributed by atoms with Gasteiger partial charge in [0, 0.05) is 32.8 Å². The average Bonchev–Trinajstić information content (AvgIpc) is 3.74. The van der Waals surface area contributed by atoms with Crippen molar-refractivity contribution in [1.82, 2.24) is 4.57 Å². The van der Waals surface area contributed by atoms with Crippen LogP contribution in [0.4, 0.5) is 0 Å². The zero-order chi connectivity index (χ0) is 33.6. The van der Waals surface area contributed by atoms with Gasteiger partial charge in [0.2, 0.25) is 0 Å². The van der Waals surface area contributed by atoms with Gasteiger partial charge in [-0.2, -0.15) is 0 Å². The van der Waals surface area contributed by atoms with Crippen molar-refractivity contribution in [2.24, 2.45) is 0 Å². The fourth-order valence-corrected chi connectivity index (χ4v) is 8.28. The van der Waals surface area contributed by atoms with Crippen molar-refractivity contribution in [1.29, 1.82) is 0 Å². The maximum absolute atomic E-state index is 6.33. The van der Waals surface area contributed by atoms with Crippen molar-refractivity contribution < 1.29 is 4.42 Å². The number of rotatable bonds is 3. The predicted molar refractivity (Wildman–Crippen MR) is 213 cm³/mol. The molecule has 0 radical (unpaired) electrons. The Kier molecular flexibility index (Phi) is 6.17. The zero-order valence-electron chi connectivity index (χ0n) is 28.4. The normalized spacial score (nSPS) is 12.3. The summed E-state index contributed by atoms with van der Waals surface area (Å²) in [6.45, 7) is 6.74. The first-order chi connectivity index (χ1) is 24.5. The van der Waals surface area contributed by atoms with Crippen molar-refractivity contribution in [3.8, 4) is 27.9 Å². The van der Waals surface area contributed by atoms with Crippen LogP contribution in [0.2, 0.25) is 0 Å². The monoisotopic (exact) mass is 641 g/mol. The SMILES string of the molecule is CC(C)(C)c1coc2c1ccc1ccc(-c3c4ccccc4c(-c4ccc5c6ccccc6n(-c6ccccc6)c5c4)c4ccccc34)cc12. The van der Waals surface area contributed by atoms with Crippen molar-refractivity contribution in [2.45, 2.75) is 26.2 Å². The van der Waals surface area contributed by atoms with Crippen LogP contribution in [0.1, 0.15) is 26.3 Å². The second-order valence-electron chi connectivity index (χ2n) is 14.5. The van der Waals surface area contributed by atoms with E-state index in [2.05, 4.69) is 177 Å². The minimum atomic E-state index is -0.00273. The standard InChI is InChI=1S/C48H35NO/c1-48(2,3)42-29-50-47-40(42)26-23-30-21-22-31(27-41(30)47)45-36-16-7-9-18-38(36)46(39-19-10-8-17-37(39)45)32-24-25-35-34-15-11-12-20-43(34)49(44(35)28-32)33-13-5-4-6-14-33/h4-29H,1-3H3. The average molecular weight is 642 g/mol. The summed E-state index contributed by atoms with van der Waals surface area (Å²) in [4.78, 5) is 0. The number of furan rings is 1. The molecular weight excluding hydrogens is 607 g/mol. The molecule has 50 heavy (non-hydrogen) atoms. The van der Waals surface area contributed by atoms with Gasteiger partial charge >= 0.3 is 0 Å². The molecule has 2 heterocycles. The van der Waals surface area contributed by atoms with Crippen LogP contribution in [0.3, 0.4) is 0 Å². The van der Waals surface area contributed by atoms with Crippen LogP contribution >= 0.6 is 0 Å². The van der Waals surface area contributed by atoms with Crippen molar-refractivity contribution >= 4 is 65.1 Å². The molecule has 10 rings (SSSR count). The third kappa shape index (κ3) is 4.21. The Labute approximate surface area is 290 Å². The van der Waals surface area contributed by atoms with E-state index in [9.17, 15) is 0 Å². The summed E-state index contributed by atoms with van der Waals surface area (Å²) in [6, 6.07) is 55.6. The molecule has 2 heteroatoms. The van der Waals surface area contributed by atoms with E-state index in [1.807, 2.05) is 6.26 Å². The summed E-state index contributed by atoms with van der Waals surface area (Å²) in [6.07, 6.45) is 1.95. The van der Waals surface area contributed by atoms with Crippen molar-refractivity contribution in [2.75, 3.05) is 0 Å². The molecule has 8 aromatic carbocycles. The van der Waals surface area contributed by atoms with Crippen molar-refractivity contribution in [3.05, 3.63) is 163 Å². The molecule has 0 saturated heterocycles. The summed E-state index contributed by atoms with van der Waals surface area (Å²) >= 11 is 0. The fraction of sp³-hybridized carbons (Fsp3) is 0.0833. The highest BCUT2D eigenvalue weighted by Crippen LogP contribution is 2.46. The van der Waals surface area contributed by atoms with Crippen LogP contribution in [0.25, 0.3) is 93.0 Å². The molecule has 0 N–H and O–H groups in total. The van der Waals surface area contributed by atoms with Crippen LogP contribution in [0.5, 0.6) is 0 Å². The highest BCUT2D eigenvalue weighted by Gasteiger charge is 2.22. The van der Waals surface area contributed by atoms with Crippen LogP contribution in [0.15, 0.2) is 162 Å². The number of aromatic nitrogens is 1. The van der Waals surface area contributed by atoms with Gasteiger partial charge in [-0.15, -0.1) is 0 Å². The van der Waals surface area contributed by atoms with Gasteiger partial charge in [-0.1, -0.05) is 142 Å². The molecular formula is C48H35NO. The molecule has 2 nitrogen and oxygen atoms in total. The van der Waals surface area contributed by atoms with Crippen molar-refractivity contribution in [3.63, 3.8) is 0 Å². The van der Waals surface area contributed by atoms with E-state index >= 15 is 0 Å². The molecule has 0 aliphatic heterocycles. The maximum Gasteiger partial charge on any atom is 0.141 e. The van der Waals surface area contributed by atoms with Crippen LogP contribution < -0.4 is 0 Å². The Morgan fingerprint density at radius 3 is 1.62 bits per heavy atom. The fourth-order valence-electron chi connectivity index (χ4n) is 8.28. The highest BCUT2D eigenvalue weighted by molar-refractivity contribution is 6.23. The largest absolute Gasteiger partial charge is 0.463 e. The summed E-state index contributed by atoms with van der Waals surface area (Å²) in [5.41, 5.74) is 10.7. The summed E-state index contributed by atoms with van der Waals surface area (Å²) in [5, 5.41) is 11.0. The lowest BCUT2D eigenvalue weighted by molar-refractivity contribution is 0.558. The molecule has 0 amide bonds. The highest BCUT2D eigenvalue weighted by atomic mass is 16.3. The number of hydrogen-bond donors (Lipinski definition) is 0. The first-order valence-corrected chi connectivity index (χ1v) is 17.4. The van der Waals surface area contributed by atoms with E-state index in [0.29, 0.717) is 0 Å². The zero-order valence-corrected chi connectivity index (χ0v) is 28.4. The Balaban J connectivity index is 1.26. The van der Waals surface area contributed by atoms with E-state index in [4.69, 9.17) is 4.42 Å². The van der Waals surface area contributed by atoms with Crippen LogP contribution in [-0.4, -0.2) is 4.57 Å². The van der Waals surface area contributed by atoms with Crippen LogP contribution in [-0.2, 0) is 5.41 Å². The third-order valence-electron chi connectivity index (χ3n) is 10.6. The van der Waals surface area contributed by atoms with Gasteiger partial charge in [-0.25, -0.2) is 0 Å². The van der Waals surface area contributed by atoms with Gasteiger partial charge < -0.3 is 8.98 Å². The number of benzene rings is 8. The summed E-state index contributed by atoms with van der Waals surface area (Å²) < 4.78 is 8.73. The van der Waals surface area contributed by atoms with E-state index in [0.717, 1.165) is 16.7 Å². The number of nitrogens with zero attached hydrogens (tertiary/aromatic N) is 1. The molecule has 0 aliphatic carbocycles. The quantitative estimate of drug-likeness (QED) is 0.176. The van der Waals surface area contributed by atoms with Gasteiger partial charge in [0.05, 0.1) is 17.3 Å². The number of fused-ring (bicyclic) bond motifs is 8. The summed E-state index contributed by atoms with van der Waals surface area (Å²) in [5.74, 6) is 0. The molecule has 0 fully saturated rings. The minimum Gasteiger partial charge on any atom is -0.463 e. The van der Waals surface area contributed by atoms with E-state index in [1.165, 1.54) is 81.9 Å². The Bertz CT molecular complexity index is 2890. The Morgan fingerprint density at radius 2 is 0.960 bits per heavy atom. The lowest BCUT2D eigenvalue weighted by Gasteiger charge is -2.18. The van der Waals surface area contributed by atoms with Gasteiger partial charge in [0.25, 0.3) is 0 Å². The smallest absolute Gasteiger partial charge is 0.141 e. The second kappa shape index (κ2) is 10.7. The molecule has 0 saturated carbocycles. The van der Waals surface area contributed by atoms with Gasteiger partial charge in [0.1, 0.15) is 5.58 Å². The molecule has 0 spiro atoms. The van der Waals surface area contributed by atoms with Gasteiger partial charge in [-0.3, -0.25) is 0 Å². The second-order valence-corrected chi connectivity index (χ2v) is 14.5. The predicted octanol–water partition coefficient (Wildman–Crippen LogP) is 13.6. The van der Waals surface area contributed by atoms with E-state index in [-0.39, 0.29) is 5.41 Å². The van der Waals surface area contributed by atoms with Crippen LogP contribution in [0, 0.1) is 0 Å². The lowest BCUT2D eigenvalue weighted by atomic mass is 9.85. The molecule has 0 atom stereocenters. The molecule has 238 valence electrons. The van der Waals surface area contributed by atoms with E-state index in [1.54, 1.807) is 0 Å². The first-order valence-electron chi connectivity index (χ1n) is 17.4. The topological polar surface area (TPSA) is 18.1 Å². The molecule has 10 aromatic rings. The Morgan fingerprint density at radius 1 is 0.440 bits per heavy atom. The minimum absolute atomic E-state index is 0.00273. The Hall–Kier alpha value is -6.12.